The molecule has 1 aliphatic rings. The third kappa shape index (κ3) is 2.43. The predicted octanol–water partition coefficient (Wildman–Crippen LogP) is 0.725. The SMILES string of the molecule is CC(O)C(=O)Nc1ccc2c(c1)NC(=O)C(C)O2. The van der Waals surface area contributed by atoms with Crippen molar-refractivity contribution in [1.82, 2.24) is 0 Å². The summed E-state index contributed by atoms with van der Waals surface area (Å²) >= 11 is 0. The van der Waals surface area contributed by atoms with Crippen LogP contribution in [0.1, 0.15) is 13.8 Å². The van der Waals surface area contributed by atoms with E-state index in [2.05, 4.69) is 10.6 Å². The van der Waals surface area contributed by atoms with Gasteiger partial charge in [-0.05, 0) is 32.0 Å². The van der Waals surface area contributed by atoms with E-state index in [9.17, 15) is 9.59 Å². The number of amides is 2. The van der Waals surface area contributed by atoms with Crippen LogP contribution in [0.25, 0.3) is 0 Å². The summed E-state index contributed by atoms with van der Waals surface area (Å²) in [7, 11) is 0. The molecule has 0 fully saturated rings. The minimum Gasteiger partial charge on any atom is -0.479 e. The van der Waals surface area contributed by atoms with E-state index in [0.717, 1.165) is 0 Å². The van der Waals surface area contributed by atoms with Crippen LogP contribution in [0.15, 0.2) is 18.2 Å². The van der Waals surface area contributed by atoms with E-state index < -0.39 is 18.1 Å². The monoisotopic (exact) mass is 250 g/mol. The van der Waals surface area contributed by atoms with Gasteiger partial charge in [0.25, 0.3) is 11.8 Å². The number of carbonyl (C=O) groups excluding carboxylic acids is 2. The van der Waals surface area contributed by atoms with Crippen molar-refractivity contribution in [2.75, 3.05) is 10.6 Å². The average molecular weight is 250 g/mol. The molecule has 0 radical (unpaired) electrons. The lowest BCUT2D eigenvalue weighted by Crippen LogP contribution is -2.34. The van der Waals surface area contributed by atoms with Crippen LogP contribution in [0.2, 0.25) is 0 Å². The number of anilines is 2. The number of hydrogen-bond donors (Lipinski definition) is 3. The molecule has 3 N–H and O–H groups in total. The van der Waals surface area contributed by atoms with Gasteiger partial charge in [-0.1, -0.05) is 0 Å². The number of ether oxygens (including phenoxy) is 1. The summed E-state index contributed by atoms with van der Waals surface area (Å²) in [6.07, 6.45) is -1.62. The minimum absolute atomic E-state index is 0.235. The number of benzene rings is 1. The number of hydrogen-bond acceptors (Lipinski definition) is 4. The Bertz CT molecular complexity index is 499. The van der Waals surface area contributed by atoms with E-state index in [0.29, 0.717) is 17.1 Å². The Balaban J connectivity index is 2.20. The van der Waals surface area contributed by atoms with Crippen molar-refractivity contribution in [3.8, 4) is 5.75 Å². The average Bonchev–Trinajstić information content (AvgIpc) is 2.31. The van der Waals surface area contributed by atoms with E-state index in [4.69, 9.17) is 9.84 Å². The number of aliphatic hydroxyl groups is 1. The van der Waals surface area contributed by atoms with Crippen LogP contribution in [0.3, 0.4) is 0 Å². The zero-order chi connectivity index (χ0) is 13.3. The van der Waals surface area contributed by atoms with Gasteiger partial charge in [-0.25, -0.2) is 0 Å². The lowest BCUT2D eigenvalue weighted by molar-refractivity contribution is -0.123. The summed E-state index contributed by atoms with van der Waals surface area (Å²) in [5.74, 6) is -0.190. The Hall–Kier alpha value is -2.08. The van der Waals surface area contributed by atoms with Gasteiger partial charge in [-0.15, -0.1) is 0 Å². The quantitative estimate of drug-likeness (QED) is 0.722. The van der Waals surface area contributed by atoms with Crippen LogP contribution >= 0.6 is 0 Å². The first-order chi connectivity index (χ1) is 8.47. The molecule has 2 rings (SSSR count). The molecule has 96 valence electrons. The molecule has 0 spiro atoms. The molecule has 18 heavy (non-hydrogen) atoms. The first-order valence-corrected chi connectivity index (χ1v) is 5.58. The van der Waals surface area contributed by atoms with Crippen LogP contribution in [0.5, 0.6) is 5.75 Å². The number of carbonyl (C=O) groups is 2. The number of nitrogens with one attached hydrogen (secondary N) is 2. The van der Waals surface area contributed by atoms with Gasteiger partial charge >= 0.3 is 0 Å². The summed E-state index contributed by atoms with van der Waals surface area (Å²) in [5.41, 5.74) is 0.986. The van der Waals surface area contributed by atoms with Crippen molar-refractivity contribution in [3.05, 3.63) is 18.2 Å². The van der Waals surface area contributed by atoms with Crippen LogP contribution in [-0.2, 0) is 9.59 Å². The lowest BCUT2D eigenvalue weighted by Gasteiger charge is -2.23. The molecule has 0 bridgehead atoms. The molecular formula is C12H14N2O4. The first kappa shape index (κ1) is 12.4. The van der Waals surface area contributed by atoms with Crippen LogP contribution in [0, 0.1) is 0 Å². The van der Waals surface area contributed by atoms with Gasteiger partial charge in [-0.2, -0.15) is 0 Å². The first-order valence-electron chi connectivity index (χ1n) is 5.58. The summed E-state index contributed by atoms with van der Waals surface area (Å²) in [5, 5.41) is 14.3. The second-order valence-electron chi connectivity index (χ2n) is 4.13. The van der Waals surface area contributed by atoms with Crippen LogP contribution in [-0.4, -0.2) is 29.1 Å². The molecule has 2 amide bonds. The molecular weight excluding hydrogens is 236 g/mol. The normalized spacial score (nSPS) is 19.3. The second-order valence-corrected chi connectivity index (χ2v) is 4.13. The van der Waals surface area contributed by atoms with E-state index in [-0.39, 0.29) is 5.91 Å². The van der Waals surface area contributed by atoms with Gasteiger partial charge in [0.15, 0.2) is 6.10 Å². The fraction of sp³-hybridized carbons (Fsp3) is 0.333. The molecule has 2 atom stereocenters. The highest BCUT2D eigenvalue weighted by Gasteiger charge is 2.23. The smallest absolute Gasteiger partial charge is 0.265 e. The van der Waals surface area contributed by atoms with Crippen LogP contribution < -0.4 is 15.4 Å². The summed E-state index contributed by atoms with van der Waals surface area (Å²) < 4.78 is 5.38. The number of aliphatic hydroxyl groups excluding tert-OH is 1. The topological polar surface area (TPSA) is 87.7 Å². The molecule has 0 aliphatic carbocycles. The van der Waals surface area contributed by atoms with E-state index in [1.165, 1.54) is 6.92 Å². The van der Waals surface area contributed by atoms with Crippen molar-refractivity contribution in [3.63, 3.8) is 0 Å². The highest BCUT2D eigenvalue weighted by molar-refractivity contribution is 5.99. The van der Waals surface area contributed by atoms with Gasteiger partial charge in [0.05, 0.1) is 5.69 Å². The Kier molecular flexibility index (Phi) is 3.20. The molecule has 1 aromatic carbocycles. The molecule has 1 aromatic rings. The maximum Gasteiger partial charge on any atom is 0.265 e. The molecule has 0 aromatic heterocycles. The summed E-state index contributed by atoms with van der Waals surface area (Å²) in [6.45, 7) is 3.03. The maximum atomic E-state index is 11.4. The zero-order valence-corrected chi connectivity index (χ0v) is 10.1. The summed E-state index contributed by atoms with van der Waals surface area (Å²) in [6, 6.07) is 4.88. The summed E-state index contributed by atoms with van der Waals surface area (Å²) in [4.78, 5) is 22.8. The van der Waals surface area contributed by atoms with Gasteiger partial charge in [0, 0.05) is 5.69 Å². The second kappa shape index (κ2) is 4.66. The minimum atomic E-state index is -1.09. The highest BCUT2D eigenvalue weighted by atomic mass is 16.5. The molecule has 6 heteroatoms. The molecule has 0 saturated heterocycles. The van der Waals surface area contributed by atoms with Gasteiger partial charge < -0.3 is 20.5 Å². The van der Waals surface area contributed by atoms with Crippen molar-refractivity contribution in [2.24, 2.45) is 0 Å². The van der Waals surface area contributed by atoms with E-state index >= 15 is 0 Å². The van der Waals surface area contributed by atoms with Gasteiger partial charge in [0.1, 0.15) is 11.9 Å². The Morgan fingerprint density at radius 2 is 2.28 bits per heavy atom. The van der Waals surface area contributed by atoms with Crippen LogP contribution in [0.4, 0.5) is 11.4 Å². The molecule has 1 heterocycles. The van der Waals surface area contributed by atoms with Gasteiger partial charge in [0.2, 0.25) is 0 Å². The fourth-order valence-corrected chi connectivity index (χ4v) is 1.53. The standard InChI is InChI=1S/C12H14N2O4/c1-6(15)11(16)13-8-3-4-10-9(5-8)14-12(17)7(2)18-10/h3-7,15H,1-2H3,(H,13,16)(H,14,17). The molecule has 0 saturated carbocycles. The highest BCUT2D eigenvalue weighted by Crippen LogP contribution is 2.32. The Morgan fingerprint density at radius 3 is 2.94 bits per heavy atom. The third-order valence-electron chi connectivity index (χ3n) is 2.56. The van der Waals surface area contributed by atoms with Crippen molar-refractivity contribution in [2.45, 2.75) is 26.1 Å². The van der Waals surface area contributed by atoms with E-state index in [1.807, 2.05) is 0 Å². The van der Waals surface area contributed by atoms with Crippen molar-refractivity contribution in [1.29, 1.82) is 0 Å². The molecule has 1 aliphatic heterocycles. The van der Waals surface area contributed by atoms with Gasteiger partial charge in [-0.3, -0.25) is 9.59 Å². The van der Waals surface area contributed by atoms with Crippen molar-refractivity contribution < 1.29 is 19.4 Å². The Morgan fingerprint density at radius 1 is 1.56 bits per heavy atom. The van der Waals surface area contributed by atoms with Crippen molar-refractivity contribution >= 4 is 23.2 Å². The molecule has 6 nitrogen and oxygen atoms in total. The fourth-order valence-electron chi connectivity index (χ4n) is 1.53. The predicted molar refractivity (Wildman–Crippen MR) is 65.5 cm³/mol. The largest absolute Gasteiger partial charge is 0.479 e. The number of fused-ring (bicyclic) bond motifs is 1. The lowest BCUT2D eigenvalue weighted by atomic mass is 10.2. The maximum absolute atomic E-state index is 11.4. The zero-order valence-electron chi connectivity index (χ0n) is 10.1. The third-order valence-corrected chi connectivity index (χ3v) is 2.56. The number of rotatable bonds is 2. The Labute approximate surface area is 104 Å². The van der Waals surface area contributed by atoms with E-state index in [1.54, 1.807) is 25.1 Å². The molecule has 2 unspecified atom stereocenters.